The van der Waals surface area contributed by atoms with Gasteiger partial charge in [0.2, 0.25) is 5.91 Å². The van der Waals surface area contributed by atoms with Gasteiger partial charge < -0.3 is 14.1 Å². The number of furan rings is 1. The van der Waals surface area contributed by atoms with Gasteiger partial charge in [-0.15, -0.1) is 0 Å². The zero-order valence-electron chi connectivity index (χ0n) is 15.8. The van der Waals surface area contributed by atoms with Crippen LogP contribution in [0.4, 0.5) is 5.69 Å². The van der Waals surface area contributed by atoms with Gasteiger partial charge in [0.25, 0.3) is 11.8 Å². The first-order valence-electron chi connectivity index (χ1n) is 9.26. The highest BCUT2D eigenvalue weighted by atomic mass is 35.5. The van der Waals surface area contributed by atoms with Gasteiger partial charge in [0.1, 0.15) is 5.75 Å². The van der Waals surface area contributed by atoms with Gasteiger partial charge in [0, 0.05) is 26.2 Å². The Labute approximate surface area is 172 Å². The fraction of sp³-hybridized carbons (Fsp3) is 0.350. The third-order valence-corrected chi connectivity index (χ3v) is 5.59. The zero-order valence-corrected chi connectivity index (χ0v) is 16.6. The van der Waals surface area contributed by atoms with Crippen LogP contribution < -0.4 is 9.64 Å². The van der Waals surface area contributed by atoms with Gasteiger partial charge in [0.05, 0.1) is 36.5 Å². The molecule has 152 valence electrons. The number of carbonyl (C=O) groups is 3. The Morgan fingerprint density at radius 2 is 1.93 bits per heavy atom. The predicted molar refractivity (Wildman–Crippen MR) is 105 cm³/mol. The van der Waals surface area contributed by atoms with Crippen LogP contribution in [0.2, 0.25) is 5.02 Å². The number of anilines is 1. The lowest BCUT2D eigenvalue weighted by atomic mass is 10.1. The molecule has 0 unspecified atom stereocenters. The van der Waals surface area contributed by atoms with E-state index in [-0.39, 0.29) is 24.1 Å². The number of piperazine rings is 1. The summed E-state index contributed by atoms with van der Waals surface area (Å²) in [5.74, 6) is 0.0619. The molecule has 29 heavy (non-hydrogen) atoms. The Balaban J connectivity index is 1.43. The Morgan fingerprint density at radius 3 is 2.55 bits per heavy atom. The van der Waals surface area contributed by atoms with Crippen molar-refractivity contribution >= 4 is 35.0 Å². The van der Waals surface area contributed by atoms with E-state index in [4.69, 9.17) is 20.8 Å². The highest BCUT2D eigenvalue weighted by Gasteiger charge is 2.43. The molecule has 3 heterocycles. The van der Waals surface area contributed by atoms with Crippen LogP contribution in [-0.4, -0.2) is 66.9 Å². The van der Waals surface area contributed by atoms with Crippen molar-refractivity contribution < 1.29 is 23.5 Å². The topological polar surface area (TPSA) is 83.3 Å². The summed E-state index contributed by atoms with van der Waals surface area (Å²) in [7, 11) is 1.50. The average Bonchev–Trinajstić information content (AvgIpc) is 3.36. The van der Waals surface area contributed by atoms with Crippen molar-refractivity contribution in [1.29, 1.82) is 0 Å². The minimum Gasteiger partial charge on any atom is -0.495 e. The Morgan fingerprint density at radius 1 is 1.17 bits per heavy atom. The number of hydrogen-bond acceptors (Lipinski definition) is 6. The maximum absolute atomic E-state index is 13.0. The van der Waals surface area contributed by atoms with Crippen LogP contribution in [0.15, 0.2) is 41.0 Å². The normalized spacial score (nSPS) is 20.4. The van der Waals surface area contributed by atoms with Crippen LogP contribution in [0.25, 0.3) is 0 Å². The van der Waals surface area contributed by atoms with Crippen LogP contribution in [0.5, 0.6) is 5.75 Å². The van der Waals surface area contributed by atoms with Crippen molar-refractivity contribution in [3.05, 3.63) is 47.4 Å². The third kappa shape index (κ3) is 3.61. The monoisotopic (exact) mass is 417 g/mol. The number of ether oxygens (including phenoxy) is 1. The molecule has 1 aromatic carbocycles. The quantitative estimate of drug-likeness (QED) is 0.708. The van der Waals surface area contributed by atoms with E-state index in [2.05, 4.69) is 0 Å². The Kier molecular flexibility index (Phi) is 5.29. The summed E-state index contributed by atoms with van der Waals surface area (Å²) in [5, 5.41) is 0.333. The van der Waals surface area contributed by atoms with E-state index in [0.29, 0.717) is 48.4 Å². The summed E-state index contributed by atoms with van der Waals surface area (Å²) in [6, 6.07) is 7.59. The van der Waals surface area contributed by atoms with Gasteiger partial charge in [-0.2, -0.15) is 0 Å². The summed E-state index contributed by atoms with van der Waals surface area (Å²) in [5.41, 5.74) is 0.430. The molecule has 3 amide bonds. The molecule has 0 saturated carbocycles. The van der Waals surface area contributed by atoms with E-state index >= 15 is 0 Å². The van der Waals surface area contributed by atoms with Crippen molar-refractivity contribution in [2.75, 3.05) is 38.2 Å². The summed E-state index contributed by atoms with van der Waals surface area (Å²) < 4.78 is 10.3. The van der Waals surface area contributed by atoms with E-state index in [9.17, 15) is 14.4 Å². The van der Waals surface area contributed by atoms with Crippen molar-refractivity contribution in [3.8, 4) is 5.75 Å². The molecule has 2 aliphatic heterocycles. The summed E-state index contributed by atoms with van der Waals surface area (Å²) in [4.78, 5) is 42.7. The number of carbonyl (C=O) groups excluding carboxylic acids is 3. The SMILES string of the molecule is COc1ccc(N2C(=O)C[C@H](N3CCN(C(=O)c4ccco4)CC3)C2=O)cc1Cl. The van der Waals surface area contributed by atoms with Gasteiger partial charge in [-0.1, -0.05) is 11.6 Å². The van der Waals surface area contributed by atoms with E-state index in [1.807, 2.05) is 4.90 Å². The van der Waals surface area contributed by atoms with Gasteiger partial charge >= 0.3 is 0 Å². The van der Waals surface area contributed by atoms with Crippen molar-refractivity contribution in [2.24, 2.45) is 0 Å². The minimum atomic E-state index is -0.538. The Bertz CT molecular complexity index is 938. The van der Waals surface area contributed by atoms with Crippen molar-refractivity contribution in [3.63, 3.8) is 0 Å². The van der Waals surface area contributed by atoms with Crippen molar-refractivity contribution in [1.82, 2.24) is 9.80 Å². The summed E-state index contributed by atoms with van der Waals surface area (Å²) in [6.07, 6.45) is 1.57. The van der Waals surface area contributed by atoms with Crippen LogP contribution in [-0.2, 0) is 9.59 Å². The highest BCUT2D eigenvalue weighted by molar-refractivity contribution is 6.33. The lowest BCUT2D eigenvalue weighted by molar-refractivity contribution is -0.123. The molecule has 2 fully saturated rings. The van der Waals surface area contributed by atoms with Gasteiger partial charge in [-0.05, 0) is 30.3 Å². The van der Waals surface area contributed by atoms with E-state index in [1.54, 1.807) is 35.2 Å². The minimum absolute atomic E-state index is 0.106. The van der Waals surface area contributed by atoms with E-state index in [0.717, 1.165) is 0 Å². The highest BCUT2D eigenvalue weighted by Crippen LogP contribution is 2.32. The number of nitrogens with zero attached hydrogens (tertiary/aromatic N) is 3. The molecular formula is C20H20ClN3O5. The molecule has 0 spiro atoms. The molecule has 0 aliphatic carbocycles. The third-order valence-electron chi connectivity index (χ3n) is 5.29. The van der Waals surface area contributed by atoms with Gasteiger partial charge in [0.15, 0.2) is 5.76 Å². The van der Waals surface area contributed by atoms with E-state index < -0.39 is 6.04 Å². The van der Waals surface area contributed by atoms with E-state index in [1.165, 1.54) is 18.3 Å². The number of benzene rings is 1. The molecule has 1 aromatic heterocycles. The molecule has 2 aromatic rings. The lowest BCUT2D eigenvalue weighted by Gasteiger charge is -2.36. The smallest absolute Gasteiger partial charge is 0.289 e. The molecule has 0 N–H and O–H groups in total. The first kappa shape index (κ1) is 19.5. The standard InChI is InChI=1S/C20H20ClN3O5/c1-28-16-5-4-13(11-14(16)21)24-18(25)12-15(19(24)26)22-6-8-23(9-7-22)20(27)17-3-2-10-29-17/h2-5,10-11,15H,6-9,12H2,1H3/t15-/m0/s1. The second-order valence-corrected chi connectivity index (χ2v) is 7.32. The predicted octanol–water partition coefficient (Wildman–Crippen LogP) is 2.03. The molecular weight excluding hydrogens is 398 g/mol. The molecule has 0 bridgehead atoms. The molecule has 4 rings (SSSR count). The number of rotatable bonds is 4. The number of hydrogen-bond donors (Lipinski definition) is 0. The lowest BCUT2D eigenvalue weighted by Crippen LogP contribution is -2.53. The fourth-order valence-electron chi connectivity index (χ4n) is 3.76. The average molecular weight is 418 g/mol. The van der Waals surface area contributed by atoms with Crippen LogP contribution in [0.3, 0.4) is 0 Å². The van der Waals surface area contributed by atoms with Crippen LogP contribution in [0.1, 0.15) is 17.0 Å². The Hall–Kier alpha value is -2.84. The number of imide groups is 1. The summed E-state index contributed by atoms with van der Waals surface area (Å²) in [6.45, 7) is 1.94. The van der Waals surface area contributed by atoms with Crippen LogP contribution in [0, 0.1) is 0 Å². The molecule has 8 nitrogen and oxygen atoms in total. The molecule has 9 heteroatoms. The molecule has 2 saturated heterocycles. The first-order chi connectivity index (χ1) is 14.0. The fourth-order valence-corrected chi connectivity index (χ4v) is 4.01. The zero-order chi connectivity index (χ0) is 20.5. The number of methoxy groups -OCH3 is 1. The van der Waals surface area contributed by atoms with Gasteiger partial charge in [-0.3, -0.25) is 19.3 Å². The maximum Gasteiger partial charge on any atom is 0.289 e. The number of halogens is 1. The largest absolute Gasteiger partial charge is 0.495 e. The van der Waals surface area contributed by atoms with Crippen molar-refractivity contribution in [2.45, 2.75) is 12.5 Å². The second kappa shape index (κ2) is 7.88. The second-order valence-electron chi connectivity index (χ2n) is 6.91. The van der Waals surface area contributed by atoms with Gasteiger partial charge in [-0.25, -0.2) is 4.90 Å². The molecule has 0 radical (unpaired) electrons. The summed E-state index contributed by atoms with van der Waals surface area (Å²) >= 11 is 6.15. The maximum atomic E-state index is 13.0. The first-order valence-corrected chi connectivity index (χ1v) is 9.64. The number of amides is 3. The molecule has 2 aliphatic rings. The molecule has 1 atom stereocenters. The van der Waals surface area contributed by atoms with Crippen LogP contribution >= 0.6 is 11.6 Å².